The fourth-order valence-electron chi connectivity index (χ4n) is 1.51. The van der Waals surface area contributed by atoms with E-state index in [-0.39, 0.29) is 5.69 Å². The number of anilines is 1. The first-order valence-electron chi connectivity index (χ1n) is 5.48. The van der Waals surface area contributed by atoms with Gasteiger partial charge in [0.05, 0.1) is 15.0 Å². The standard InChI is InChI=1S/C13H8Cl2N2O3/c14-11-6-3-9(7-12(11)15)16-13(18)8-1-4-10(5-2-8)17(19)20/h1-7H,(H,16,18). The average Bonchev–Trinajstić information content (AvgIpc) is 2.43. The molecule has 2 aromatic carbocycles. The lowest BCUT2D eigenvalue weighted by Crippen LogP contribution is -2.11. The molecule has 0 bridgehead atoms. The number of nitrogens with one attached hydrogen (secondary N) is 1. The lowest BCUT2D eigenvalue weighted by Gasteiger charge is -2.06. The number of carbonyl (C=O) groups excluding carboxylic acids is 1. The van der Waals surface area contributed by atoms with E-state index in [0.29, 0.717) is 21.3 Å². The predicted molar refractivity (Wildman–Crippen MR) is 77.5 cm³/mol. The first kappa shape index (κ1) is 14.3. The Morgan fingerprint density at radius 3 is 2.25 bits per heavy atom. The van der Waals surface area contributed by atoms with Crippen LogP contribution in [0.4, 0.5) is 11.4 Å². The van der Waals surface area contributed by atoms with Gasteiger partial charge in [-0.2, -0.15) is 0 Å². The highest BCUT2D eigenvalue weighted by Gasteiger charge is 2.10. The number of halogens is 2. The summed E-state index contributed by atoms with van der Waals surface area (Å²) >= 11 is 11.6. The van der Waals surface area contributed by atoms with E-state index in [4.69, 9.17) is 23.2 Å². The van der Waals surface area contributed by atoms with E-state index in [2.05, 4.69) is 5.32 Å². The molecule has 0 aliphatic carbocycles. The molecule has 1 N–H and O–H groups in total. The number of rotatable bonds is 3. The normalized spacial score (nSPS) is 10.1. The Kier molecular flexibility index (Phi) is 4.22. The number of hydrogen-bond donors (Lipinski definition) is 1. The smallest absolute Gasteiger partial charge is 0.269 e. The van der Waals surface area contributed by atoms with Crippen LogP contribution in [0.3, 0.4) is 0 Å². The van der Waals surface area contributed by atoms with Crippen LogP contribution in [0.1, 0.15) is 10.4 Å². The van der Waals surface area contributed by atoms with Crippen molar-refractivity contribution >= 4 is 40.5 Å². The molecule has 0 saturated carbocycles. The van der Waals surface area contributed by atoms with Crippen molar-refractivity contribution in [1.29, 1.82) is 0 Å². The van der Waals surface area contributed by atoms with Crippen LogP contribution < -0.4 is 5.32 Å². The number of nitrogens with zero attached hydrogens (tertiary/aromatic N) is 1. The molecule has 2 rings (SSSR count). The van der Waals surface area contributed by atoms with E-state index in [9.17, 15) is 14.9 Å². The number of hydrogen-bond acceptors (Lipinski definition) is 3. The molecule has 0 aliphatic heterocycles. The van der Waals surface area contributed by atoms with Crippen molar-refractivity contribution in [3.63, 3.8) is 0 Å². The van der Waals surface area contributed by atoms with Crippen LogP contribution in [-0.2, 0) is 0 Å². The van der Waals surface area contributed by atoms with Crippen molar-refractivity contribution < 1.29 is 9.72 Å². The van der Waals surface area contributed by atoms with Gasteiger partial charge in [0.2, 0.25) is 0 Å². The molecule has 0 heterocycles. The highest BCUT2D eigenvalue weighted by atomic mass is 35.5. The Bertz CT molecular complexity index is 672. The van der Waals surface area contributed by atoms with Crippen molar-refractivity contribution in [3.05, 3.63) is 68.2 Å². The molecule has 0 spiro atoms. The number of non-ortho nitro benzene ring substituents is 1. The van der Waals surface area contributed by atoms with Crippen LogP contribution >= 0.6 is 23.2 Å². The molecule has 0 aromatic heterocycles. The van der Waals surface area contributed by atoms with Crippen LogP contribution in [0.5, 0.6) is 0 Å². The van der Waals surface area contributed by atoms with Gasteiger partial charge in [0.1, 0.15) is 0 Å². The Morgan fingerprint density at radius 2 is 1.70 bits per heavy atom. The van der Waals surface area contributed by atoms with Crippen LogP contribution in [0.15, 0.2) is 42.5 Å². The third-order valence-electron chi connectivity index (χ3n) is 2.52. The third-order valence-corrected chi connectivity index (χ3v) is 3.26. The van der Waals surface area contributed by atoms with Crippen molar-refractivity contribution in [1.82, 2.24) is 0 Å². The van der Waals surface area contributed by atoms with E-state index in [0.717, 1.165) is 0 Å². The van der Waals surface area contributed by atoms with Gasteiger partial charge >= 0.3 is 0 Å². The summed E-state index contributed by atoms with van der Waals surface area (Å²) in [6.07, 6.45) is 0. The molecular formula is C13H8Cl2N2O3. The minimum absolute atomic E-state index is 0.0731. The second-order valence-electron chi connectivity index (χ2n) is 3.89. The molecule has 2 aromatic rings. The highest BCUT2D eigenvalue weighted by molar-refractivity contribution is 6.42. The van der Waals surface area contributed by atoms with Crippen molar-refractivity contribution in [3.8, 4) is 0 Å². The van der Waals surface area contributed by atoms with Gasteiger partial charge in [-0.1, -0.05) is 23.2 Å². The van der Waals surface area contributed by atoms with Gasteiger partial charge in [-0.15, -0.1) is 0 Å². The number of nitro benzene ring substituents is 1. The molecular weight excluding hydrogens is 303 g/mol. The SMILES string of the molecule is O=C(Nc1ccc(Cl)c(Cl)c1)c1ccc([N+](=O)[O-])cc1. The molecule has 1 amide bonds. The van der Waals surface area contributed by atoms with Gasteiger partial charge in [0.25, 0.3) is 11.6 Å². The average molecular weight is 311 g/mol. The largest absolute Gasteiger partial charge is 0.322 e. The summed E-state index contributed by atoms with van der Waals surface area (Å²) in [4.78, 5) is 21.9. The number of carbonyl (C=O) groups is 1. The van der Waals surface area contributed by atoms with Crippen molar-refractivity contribution in [2.45, 2.75) is 0 Å². The van der Waals surface area contributed by atoms with E-state index < -0.39 is 10.8 Å². The number of amides is 1. The molecule has 7 heteroatoms. The molecule has 0 radical (unpaired) electrons. The maximum absolute atomic E-state index is 11.9. The van der Waals surface area contributed by atoms with Gasteiger partial charge in [0.15, 0.2) is 0 Å². The molecule has 0 unspecified atom stereocenters. The predicted octanol–water partition coefficient (Wildman–Crippen LogP) is 4.15. The highest BCUT2D eigenvalue weighted by Crippen LogP contribution is 2.25. The fourth-order valence-corrected chi connectivity index (χ4v) is 1.81. The van der Waals surface area contributed by atoms with Crippen molar-refractivity contribution in [2.24, 2.45) is 0 Å². The van der Waals surface area contributed by atoms with Gasteiger partial charge in [-0.05, 0) is 30.3 Å². The summed E-state index contributed by atoms with van der Waals surface area (Å²) in [5, 5.41) is 13.9. The molecule has 0 atom stereocenters. The Hall–Kier alpha value is -2.11. The summed E-state index contributed by atoms with van der Waals surface area (Å²) < 4.78 is 0. The fraction of sp³-hybridized carbons (Fsp3) is 0. The molecule has 20 heavy (non-hydrogen) atoms. The molecule has 5 nitrogen and oxygen atoms in total. The van der Waals surface area contributed by atoms with Gasteiger partial charge < -0.3 is 5.32 Å². The molecule has 102 valence electrons. The summed E-state index contributed by atoms with van der Waals surface area (Å²) in [7, 11) is 0. The zero-order valence-corrected chi connectivity index (χ0v) is 11.5. The van der Waals surface area contributed by atoms with Gasteiger partial charge in [-0.3, -0.25) is 14.9 Å². The van der Waals surface area contributed by atoms with Crippen LogP contribution in [0.25, 0.3) is 0 Å². The topological polar surface area (TPSA) is 72.2 Å². The minimum Gasteiger partial charge on any atom is -0.322 e. The maximum atomic E-state index is 11.9. The van der Waals surface area contributed by atoms with E-state index >= 15 is 0 Å². The monoisotopic (exact) mass is 310 g/mol. The van der Waals surface area contributed by atoms with Crippen LogP contribution in [-0.4, -0.2) is 10.8 Å². The Labute approximate surface area is 124 Å². The first-order chi connectivity index (χ1) is 9.47. The lowest BCUT2D eigenvalue weighted by atomic mass is 10.2. The minimum atomic E-state index is -0.527. The molecule has 0 aliphatic rings. The quantitative estimate of drug-likeness (QED) is 0.683. The molecule has 0 fully saturated rings. The summed E-state index contributed by atoms with van der Waals surface area (Å²) in [6.45, 7) is 0. The Balaban J connectivity index is 2.15. The zero-order chi connectivity index (χ0) is 14.7. The Morgan fingerprint density at radius 1 is 1.05 bits per heavy atom. The summed E-state index contributed by atoms with van der Waals surface area (Å²) in [5.74, 6) is -0.390. The van der Waals surface area contributed by atoms with Crippen LogP contribution in [0, 0.1) is 10.1 Å². The summed E-state index contributed by atoms with van der Waals surface area (Å²) in [5.41, 5.74) is 0.723. The molecule has 0 saturated heterocycles. The third kappa shape index (κ3) is 3.26. The maximum Gasteiger partial charge on any atom is 0.269 e. The summed E-state index contributed by atoms with van der Waals surface area (Å²) in [6, 6.07) is 9.99. The van der Waals surface area contributed by atoms with Crippen molar-refractivity contribution in [2.75, 3.05) is 5.32 Å². The van der Waals surface area contributed by atoms with E-state index in [1.54, 1.807) is 12.1 Å². The zero-order valence-electron chi connectivity index (χ0n) is 9.97. The second kappa shape index (κ2) is 5.90. The van der Waals surface area contributed by atoms with Gasteiger partial charge in [0, 0.05) is 23.4 Å². The van der Waals surface area contributed by atoms with Gasteiger partial charge in [-0.25, -0.2) is 0 Å². The van der Waals surface area contributed by atoms with E-state index in [1.807, 2.05) is 0 Å². The first-order valence-corrected chi connectivity index (χ1v) is 6.24. The van der Waals surface area contributed by atoms with E-state index in [1.165, 1.54) is 30.3 Å². The lowest BCUT2D eigenvalue weighted by molar-refractivity contribution is -0.384. The second-order valence-corrected chi connectivity index (χ2v) is 4.70. The number of nitro groups is 1. The number of benzene rings is 2. The van der Waals surface area contributed by atoms with Crippen LogP contribution in [0.2, 0.25) is 10.0 Å².